The Morgan fingerprint density at radius 2 is 2.06 bits per heavy atom. The molecule has 0 amide bonds. The summed E-state index contributed by atoms with van der Waals surface area (Å²) in [4.78, 5) is 5.32. The second kappa shape index (κ2) is 5.33. The second-order valence-corrected chi connectivity index (χ2v) is 4.89. The smallest absolute Gasteiger partial charge is 0.190 e. The normalized spacial score (nSPS) is 12.6. The first-order valence-corrected chi connectivity index (χ1v) is 6.39. The van der Waals surface area contributed by atoms with Crippen LogP contribution in [0.2, 0.25) is 0 Å². The molecule has 2 rings (SSSR count). The maximum atomic E-state index is 5.97. The molecule has 2 aromatic rings. The summed E-state index contributed by atoms with van der Waals surface area (Å²) in [7, 11) is 1.89. The van der Waals surface area contributed by atoms with E-state index in [0.29, 0.717) is 0 Å². The van der Waals surface area contributed by atoms with Gasteiger partial charge in [-0.15, -0.1) is 0 Å². The average molecular weight is 248 g/mol. The summed E-state index contributed by atoms with van der Waals surface area (Å²) in [6.45, 7) is 2.09. The zero-order valence-electron chi connectivity index (χ0n) is 10.00. The molecule has 0 radical (unpaired) electrons. The van der Waals surface area contributed by atoms with Gasteiger partial charge in [-0.2, -0.15) is 5.10 Å². The summed E-state index contributed by atoms with van der Waals surface area (Å²) >= 11 is 1.60. The van der Waals surface area contributed by atoms with Gasteiger partial charge in [-0.3, -0.25) is 0 Å². The molecule has 2 N–H and O–H groups in total. The van der Waals surface area contributed by atoms with Crippen molar-refractivity contribution in [2.24, 2.45) is 12.8 Å². The molecule has 17 heavy (non-hydrogen) atoms. The van der Waals surface area contributed by atoms with E-state index in [9.17, 15) is 0 Å². The van der Waals surface area contributed by atoms with Crippen molar-refractivity contribution >= 4 is 11.8 Å². The van der Waals surface area contributed by atoms with E-state index in [0.717, 1.165) is 16.5 Å². The predicted octanol–water partition coefficient (Wildman–Crippen LogP) is 2.38. The van der Waals surface area contributed by atoms with E-state index in [1.54, 1.807) is 22.8 Å². The lowest BCUT2D eigenvalue weighted by molar-refractivity contribution is 0.685. The van der Waals surface area contributed by atoms with Crippen LogP contribution in [0.4, 0.5) is 0 Å². The first-order chi connectivity index (χ1) is 8.20. The molecule has 0 aliphatic carbocycles. The number of benzene rings is 1. The first-order valence-electron chi connectivity index (χ1n) is 5.58. The summed E-state index contributed by atoms with van der Waals surface area (Å²) in [6.07, 6.45) is 2.51. The van der Waals surface area contributed by atoms with Crippen LogP contribution < -0.4 is 5.73 Å². The zero-order chi connectivity index (χ0) is 12.3. The lowest BCUT2D eigenvalue weighted by atomic mass is 10.1. The molecule has 1 unspecified atom stereocenters. The fourth-order valence-electron chi connectivity index (χ4n) is 1.50. The third-order valence-electron chi connectivity index (χ3n) is 2.63. The first kappa shape index (κ1) is 12.1. The summed E-state index contributed by atoms with van der Waals surface area (Å²) in [5.41, 5.74) is 7.15. The SMILES string of the molecule is CCC(N)c1ccc(Sc2ncnn2C)cc1. The highest BCUT2D eigenvalue weighted by atomic mass is 32.2. The van der Waals surface area contributed by atoms with Crippen molar-refractivity contribution in [3.8, 4) is 0 Å². The summed E-state index contributed by atoms with van der Waals surface area (Å²) in [5, 5.41) is 4.92. The Bertz CT molecular complexity index is 478. The molecule has 0 fully saturated rings. The molecule has 1 aromatic carbocycles. The van der Waals surface area contributed by atoms with Crippen LogP contribution in [0.15, 0.2) is 40.6 Å². The highest BCUT2D eigenvalue weighted by molar-refractivity contribution is 7.99. The van der Waals surface area contributed by atoms with Gasteiger partial charge < -0.3 is 5.73 Å². The van der Waals surface area contributed by atoms with Crippen molar-refractivity contribution < 1.29 is 0 Å². The van der Waals surface area contributed by atoms with E-state index < -0.39 is 0 Å². The van der Waals surface area contributed by atoms with Gasteiger partial charge in [0.15, 0.2) is 5.16 Å². The Labute approximate surface area is 105 Å². The third-order valence-corrected chi connectivity index (χ3v) is 3.69. The maximum Gasteiger partial charge on any atom is 0.190 e. The fraction of sp³-hybridized carbons (Fsp3) is 0.333. The van der Waals surface area contributed by atoms with E-state index in [1.165, 1.54) is 5.56 Å². The van der Waals surface area contributed by atoms with Crippen LogP contribution in [-0.2, 0) is 7.05 Å². The minimum absolute atomic E-state index is 0.129. The number of hydrogen-bond donors (Lipinski definition) is 1. The minimum atomic E-state index is 0.129. The highest BCUT2D eigenvalue weighted by Crippen LogP contribution is 2.26. The fourth-order valence-corrected chi connectivity index (χ4v) is 2.26. The lowest BCUT2D eigenvalue weighted by Crippen LogP contribution is -2.07. The highest BCUT2D eigenvalue weighted by Gasteiger charge is 2.05. The van der Waals surface area contributed by atoms with E-state index in [-0.39, 0.29) is 6.04 Å². The van der Waals surface area contributed by atoms with E-state index in [4.69, 9.17) is 5.73 Å². The monoisotopic (exact) mass is 248 g/mol. The standard InChI is InChI=1S/C12H16N4S/c1-3-11(13)9-4-6-10(7-5-9)17-12-14-8-15-16(12)2/h4-8,11H,3,13H2,1-2H3. The Morgan fingerprint density at radius 1 is 1.35 bits per heavy atom. The van der Waals surface area contributed by atoms with Crippen LogP contribution in [0.25, 0.3) is 0 Å². The van der Waals surface area contributed by atoms with Crippen molar-refractivity contribution in [2.45, 2.75) is 29.4 Å². The Hall–Kier alpha value is -1.33. The average Bonchev–Trinajstić information content (AvgIpc) is 2.75. The Kier molecular flexibility index (Phi) is 3.81. The number of aryl methyl sites for hydroxylation is 1. The Morgan fingerprint density at radius 3 is 2.59 bits per heavy atom. The summed E-state index contributed by atoms with van der Waals surface area (Å²) in [6, 6.07) is 8.43. The van der Waals surface area contributed by atoms with Gasteiger partial charge in [0.1, 0.15) is 6.33 Å². The van der Waals surface area contributed by atoms with Crippen LogP contribution in [0.3, 0.4) is 0 Å². The molecule has 1 aromatic heterocycles. The summed E-state index contributed by atoms with van der Waals surface area (Å²) in [5.74, 6) is 0. The molecule has 1 atom stereocenters. The number of nitrogens with zero attached hydrogens (tertiary/aromatic N) is 3. The molecule has 0 spiro atoms. The largest absolute Gasteiger partial charge is 0.324 e. The van der Waals surface area contributed by atoms with Gasteiger partial charge in [-0.05, 0) is 24.1 Å². The number of rotatable bonds is 4. The molecule has 0 bridgehead atoms. The van der Waals surface area contributed by atoms with Crippen LogP contribution in [0.5, 0.6) is 0 Å². The van der Waals surface area contributed by atoms with E-state index in [2.05, 4.69) is 41.3 Å². The molecule has 4 nitrogen and oxygen atoms in total. The Balaban J connectivity index is 2.11. The third kappa shape index (κ3) is 2.87. The van der Waals surface area contributed by atoms with Crippen molar-refractivity contribution in [3.63, 3.8) is 0 Å². The van der Waals surface area contributed by atoms with Gasteiger partial charge in [0, 0.05) is 18.0 Å². The molecule has 0 saturated carbocycles. The molecule has 0 aliphatic rings. The number of aromatic nitrogens is 3. The van der Waals surface area contributed by atoms with Crippen LogP contribution >= 0.6 is 11.8 Å². The topological polar surface area (TPSA) is 56.7 Å². The van der Waals surface area contributed by atoms with E-state index in [1.807, 2.05) is 7.05 Å². The second-order valence-electron chi connectivity index (χ2n) is 3.85. The van der Waals surface area contributed by atoms with Gasteiger partial charge in [0.2, 0.25) is 0 Å². The van der Waals surface area contributed by atoms with Crippen LogP contribution in [-0.4, -0.2) is 14.8 Å². The quantitative estimate of drug-likeness (QED) is 0.902. The maximum absolute atomic E-state index is 5.97. The molecule has 1 heterocycles. The summed E-state index contributed by atoms with van der Waals surface area (Å²) < 4.78 is 1.76. The molecule has 0 saturated heterocycles. The molecule has 0 aliphatic heterocycles. The van der Waals surface area contributed by atoms with Crippen molar-refractivity contribution in [1.29, 1.82) is 0 Å². The van der Waals surface area contributed by atoms with Gasteiger partial charge in [-0.1, -0.05) is 30.8 Å². The molecular formula is C12H16N4S. The van der Waals surface area contributed by atoms with Crippen LogP contribution in [0.1, 0.15) is 24.9 Å². The van der Waals surface area contributed by atoms with Gasteiger partial charge in [-0.25, -0.2) is 9.67 Å². The van der Waals surface area contributed by atoms with Crippen molar-refractivity contribution in [1.82, 2.24) is 14.8 Å². The number of nitrogens with two attached hydrogens (primary N) is 1. The minimum Gasteiger partial charge on any atom is -0.324 e. The van der Waals surface area contributed by atoms with Crippen LogP contribution in [0, 0.1) is 0 Å². The number of hydrogen-bond acceptors (Lipinski definition) is 4. The molecule has 90 valence electrons. The van der Waals surface area contributed by atoms with Crippen molar-refractivity contribution in [2.75, 3.05) is 0 Å². The molecule has 5 heteroatoms. The van der Waals surface area contributed by atoms with Gasteiger partial charge in [0.25, 0.3) is 0 Å². The molecular weight excluding hydrogens is 232 g/mol. The van der Waals surface area contributed by atoms with Gasteiger partial charge >= 0.3 is 0 Å². The lowest BCUT2D eigenvalue weighted by Gasteiger charge is -2.09. The predicted molar refractivity (Wildman–Crippen MR) is 68.8 cm³/mol. The van der Waals surface area contributed by atoms with E-state index >= 15 is 0 Å². The van der Waals surface area contributed by atoms with Gasteiger partial charge in [0.05, 0.1) is 0 Å². The zero-order valence-corrected chi connectivity index (χ0v) is 10.8. The van der Waals surface area contributed by atoms with Crippen molar-refractivity contribution in [3.05, 3.63) is 36.2 Å².